The van der Waals surface area contributed by atoms with E-state index in [4.69, 9.17) is 4.74 Å². The number of nitrogens with zero attached hydrogens (tertiary/aromatic N) is 5. The summed E-state index contributed by atoms with van der Waals surface area (Å²) in [5, 5.41) is 0.183. The molecule has 0 N–H and O–H groups in total. The summed E-state index contributed by atoms with van der Waals surface area (Å²) in [5.41, 5.74) is -1.10. The maximum Gasteiger partial charge on any atom is 0.417 e. The van der Waals surface area contributed by atoms with Gasteiger partial charge in [-0.3, -0.25) is 9.36 Å². The topological polar surface area (TPSA) is 70.9 Å². The molecule has 3 atom stereocenters. The minimum Gasteiger partial charge on any atom is -0.374 e. The van der Waals surface area contributed by atoms with Gasteiger partial charge in [0, 0.05) is 53.3 Å². The van der Waals surface area contributed by atoms with Crippen LogP contribution in [0, 0.1) is 5.82 Å². The fraction of sp³-hybridized carbons (Fsp3) is 0.452. The Kier molecular flexibility index (Phi) is 9.11. The van der Waals surface area contributed by atoms with Gasteiger partial charge in [0.1, 0.15) is 11.6 Å². The van der Waals surface area contributed by atoms with Gasteiger partial charge in [-0.15, -0.1) is 11.8 Å². The zero-order valence-corrected chi connectivity index (χ0v) is 25.8. The quantitative estimate of drug-likeness (QED) is 0.271. The Morgan fingerprint density at radius 2 is 1.82 bits per heavy atom. The molecule has 1 fully saturated rings. The summed E-state index contributed by atoms with van der Waals surface area (Å²) < 4.78 is 66.0. The highest BCUT2D eigenvalue weighted by molar-refractivity contribution is 7.99. The average Bonchev–Trinajstić information content (AvgIpc) is 3.14. The summed E-state index contributed by atoms with van der Waals surface area (Å²) in [6.07, 6.45) is -4.00. The first-order chi connectivity index (χ1) is 20.8. The third-order valence-electron chi connectivity index (χ3n) is 7.98. The number of alkyl halides is 3. The molecule has 0 saturated carbocycles. The number of carbonyl (C=O) groups excluding carboxylic acids is 1. The van der Waals surface area contributed by atoms with Crippen LogP contribution in [0.2, 0.25) is 0 Å². The summed E-state index contributed by atoms with van der Waals surface area (Å²) >= 11 is 1.19. The number of aromatic nitrogens is 2. The van der Waals surface area contributed by atoms with Gasteiger partial charge in [-0.25, -0.2) is 9.18 Å². The second-order valence-electron chi connectivity index (χ2n) is 11.5. The van der Waals surface area contributed by atoms with Crippen molar-refractivity contribution >= 4 is 34.4 Å². The van der Waals surface area contributed by atoms with Crippen LogP contribution < -0.4 is 10.6 Å². The monoisotopic (exact) mass is 633 g/mol. The molecule has 44 heavy (non-hydrogen) atoms. The minimum absolute atomic E-state index is 0.110. The Morgan fingerprint density at radius 3 is 2.41 bits per heavy atom. The van der Waals surface area contributed by atoms with Gasteiger partial charge in [0.2, 0.25) is 5.91 Å². The number of carbonyl (C=O) groups is 1. The van der Waals surface area contributed by atoms with Gasteiger partial charge in [0.25, 0.3) is 0 Å². The van der Waals surface area contributed by atoms with E-state index in [-0.39, 0.29) is 64.9 Å². The molecule has 236 valence electrons. The first-order valence-corrected chi connectivity index (χ1v) is 15.3. The molecule has 1 unspecified atom stereocenters. The van der Waals surface area contributed by atoms with Crippen LogP contribution in [0.1, 0.15) is 19.4 Å². The maximum absolute atomic E-state index is 14.9. The number of thioether (sulfide) groups is 1. The van der Waals surface area contributed by atoms with E-state index in [2.05, 4.69) is 11.6 Å². The van der Waals surface area contributed by atoms with E-state index in [1.165, 1.54) is 34.5 Å². The van der Waals surface area contributed by atoms with Gasteiger partial charge < -0.3 is 19.4 Å². The van der Waals surface area contributed by atoms with E-state index in [0.717, 1.165) is 18.2 Å². The first kappa shape index (κ1) is 32.0. The molecule has 2 aromatic carbocycles. The molecule has 3 heterocycles. The van der Waals surface area contributed by atoms with Crippen LogP contribution in [0.25, 0.3) is 22.0 Å². The highest BCUT2D eigenvalue weighted by Crippen LogP contribution is 2.48. The predicted molar refractivity (Wildman–Crippen MR) is 164 cm³/mol. The number of hydrogen-bond acceptors (Lipinski definition) is 7. The molecule has 0 radical (unpaired) electrons. The van der Waals surface area contributed by atoms with E-state index in [0.29, 0.717) is 24.4 Å². The van der Waals surface area contributed by atoms with Crippen molar-refractivity contribution in [3.63, 3.8) is 0 Å². The molecule has 2 aliphatic heterocycles. The Bertz CT molecular complexity index is 1610. The van der Waals surface area contributed by atoms with Crippen molar-refractivity contribution < 1.29 is 27.1 Å². The van der Waals surface area contributed by atoms with Gasteiger partial charge in [0.05, 0.1) is 30.3 Å². The van der Waals surface area contributed by atoms with E-state index in [1.54, 1.807) is 9.80 Å². The van der Waals surface area contributed by atoms with E-state index < -0.39 is 29.4 Å². The van der Waals surface area contributed by atoms with Crippen molar-refractivity contribution in [2.45, 2.75) is 49.7 Å². The Balaban J connectivity index is 1.74. The fourth-order valence-electron chi connectivity index (χ4n) is 6.04. The van der Waals surface area contributed by atoms with Gasteiger partial charge in [-0.2, -0.15) is 18.2 Å². The summed E-state index contributed by atoms with van der Waals surface area (Å²) in [6, 6.07) is 5.31. The van der Waals surface area contributed by atoms with Crippen LogP contribution in [-0.4, -0.2) is 89.5 Å². The number of amides is 1. The van der Waals surface area contributed by atoms with Gasteiger partial charge >= 0.3 is 11.9 Å². The third kappa shape index (κ3) is 6.22. The second-order valence-corrected chi connectivity index (χ2v) is 12.5. The van der Waals surface area contributed by atoms with Crippen molar-refractivity contribution in [3.05, 3.63) is 64.9 Å². The number of ether oxygens (including phenoxy) is 1. The molecule has 1 saturated heterocycles. The lowest BCUT2D eigenvalue weighted by Crippen LogP contribution is -2.58. The van der Waals surface area contributed by atoms with Crippen LogP contribution in [0.5, 0.6) is 0 Å². The SMILES string of the molecule is C=CC(=O)N1[C@H](C)CN(c2nc(=O)n3c4c(c(-c5ccc(F)cc5)c(C(F)(F)F)cc24)SCC(OCCN(C)C)C3)C[C@@H]1C. The Labute approximate surface area is 257 Å². The second kappa shape index (κ2) is 12.5. The zero-order chi connectivity index (χ0) is 31.9. The molecule has 13 heteroatoms. The lowest BCUT2D eigenvalue weighted by Gasteiger charge is -2.44. The van der Waals surface area contributed by atoms with Crippen LogP contribution in [0.15, 0.2) is 52.7 Å². The lowest BCUT2D eigenvalue weighted by atomic mass is 9.96. The van der Waals surface area contributed by atoms with E-state index in [9.17, 15) is 27.2 Å². The molecule has 0 aliphatic carbocycles. The average molecular weight is 634 g/mol. The highest BCUT2D eigenvalue weighted by atomic mass is 32.2. The number of likely N-dealkylation sites (N-methyl/N-ethyl adjacent to an activating group) is 1. The normalized spacial score (nSPS) is 20.7. The number of benzene rings is 2. The molecular formula is C31H35F4N5O3S. The van der Waals surface area contributed by atoms with Crippen molar-refractivity contribution in [2.24, 2.45) is 0 Å². The van der Waals surface area contributed by atoms with Crippen LogP contribution in [0.4, 0.5) is 23.4 Å². The standard InChI is InChI=1S/C31H35F4N5O3S/c1-6-25(41)40-18(2)14-38(15-19(40)3)29-23-13-24(31(33,34)35)26(20-7-9-21(32)10-8-20)28-27(23)39(30(42)36-29)16-22(17-44-28)43-12-11-37(4)5/h6-10,13,18-19,22H,1,11-12,14-17H2,2-5H3/t18-,19+,22?. The first-order valence-electron chi connectivity index (χ1n) is 14.3. The van der Waals surface area contributed by atoms with Crippen LogP contribution >= 0.6 is 11.8 Å². The number of halogens is 4. The molecule has 1 aromatic heterocycles. The van der Waals surface area contributed by atoms with Gasteiger partial charge in [-0.05, 0) is 57.8 Å². The molecule has 5 rings (SSSR count). The molecule has 3 aromatic rings. The van der Waals surface area contributed by atoms with E-state index in [1.807, 2.05) is 32.8 Å². The summed E-state index contributed by atoms with van der Waals surface area (Å²) in [5.74, 6) is -0.386. The molecule has 2 aliphatic rings. The molecule has 1 amide bonds. The molecule has 8 nitrogen and oxygen atoms in total. The number of hydrogen-bond donors (Lipinski definition) is 0. The van der Waals surface area contributed by atoms with Crippen molar-refractivity contribution in [1.82, 2.24) is 19.4 Å². The van der Waals surface area contributed by atoms with Crippen LogP contribution in [0.3, 0.4) is 0 Å². The Morgan fingerprint density at radius 1 is 1.16 bits per heavy atom. The Hall–Kier alpha value is -3.42. The lowest BCUT2D eigenvalue weighted by molar-refractivity contribution is -0.137. The minimum atomic E-state index is -4.77. The number of piperazine rings is 1. The number of anilines is 1. The smallest absolute Gasteiger partial charge is 0.374 e. The third-order valence-corrected chi connectivity index (χ3v) is 9.20. The maximum atomic E-state index is 14.9. The highest BCUT2D eigenvalue weighted by Gasteiger charge is 2.39. The summed E-state index contributed by atoms with van der Waals surface area (Å²) in [7, 11) is 3.81. The zero-order valence-electron chi connectivity index (χ0n) is 25.0. The van der Waals surface area contributed by atoms with Crippen molar-refractivity contribution in [2.75, 3.05) is 51.0 Å². The van der Waals surface area contributed by atoms with Gasteiger partial charge in [-0.1, -0.05) is 18.7 Å². The molecular weight excluding hydrogens is 598 g/mol. The predicted octanol–water partition coefficient (Wildman–Crippen LogP) is 4.89. The van der Waals surface area contributed by atoms with Crippen LogP contribution in [-0.2, 0) is 22.3 Å². The largest absolute Gasteiger partial charge is 0.417 e. The molecule has 0 spiro atoms. The number of rotatable bonds is 7. The van der Waals surface area contributed by atoms with Gasteiger partial charge in [0.15, 0.2) is 0 Å². The summed E-state index contributed by atoms with van der Waals surface area (Å²) in [6.45, 7) is 8.89. The van der Waals surface area contributed by atoms with E-state index >= 15 is 0 Å². The fourth-order valence-corrected chi connectivity index (χ4v) is 7.32. The summed E-state index contributed by atoms with van der Waals surface area (Å²) in [4.78, 5) is 36.3. The van der Waals surface area contributed by atoms with Crippen molar-refractivity contribution in [1.29, 1.82) is 0 Å². The van der Waals surface area contributed by atoms with Crippen molar-refractivity contribution in [3.8, 4) is 11.1 Å². The molecule has 0 bridgehead atoms.